The molecule has 4 aliphatic carbocycles. The van der Waals surface area contributed by atoms with Gasteiger partial charge in [0.1, 0.15) is 18.3 Å². The number of hydrogen-bond acceptors (Lipinski definition) is 7. The first-order valence-corrected chi connectivity index (χ1v) is 14.0. The number of allylic oxidation sites excluding steroid dienone is 3. The quantitative estimate of drug-likeness (QED) is 0.528. The highest BCUT2D eigenvalue weighted by Gasteiger charge is 2.56. The monoisotopic (exact) mass is 512 g/mol. The SMILES string of the molecule is C[C@@H]1OC(OC2C=C3CCC4C5=CC[C@H](c6ccc(=O)oc6)[C@@]5(C)CCC4[C@@]3(C)CC2)[C@H](O)[C@H](O)[C@H]1O. The summed E-state index contributed by atoms with van der Waals surface area (Å²) in [4.78, 5) is 11.5. The Morgan fingerprint density at radius 3 is 2.54 bits per heavy atom. The molecule has 2 heterocycles. The first kappa shape index (κ1) is 25.5. The van der Waals surface area contributed by atoms with Crippen LogP contribution in [-0.2, 0) is 9.47 Å². The topological polar surface area (TPSA) is 109 Å². The maximum absolute atomic E-state index is 11.5. The van der Waals surface area contributed by atoms with Crippen LogP contribution < -0.4 is 5.63 Å². The largest absolute Gasteiger partial charge is 0.431 e. The molecule has 2 saturated carbocycles. The van der Waals surface area contributed by atoms with E-state index in [1.165, 1.54) is 12.0 Å². The second-order valence-electron chi connectivity index (χ2n) is 12.5. The molecule has 0 bridgehead atoms. The van der Waals surface area contributed by atoms with Crippen LogP contribution in [0.25, 0.3) is 0 Å². The van der Waals surface area contributed by atoms with Crippen LogP contribution in [0, 0.1) is 22.7 Å². The third kappa shape index (κ3) is 4.00. The number of fused-ring (bicyclic) bond motifs is 5. The van der Waals surface area contributed by atoms with E-state index in [1.54, 1.807) is 24.8 Å². The van der Waals surface area contributed by atoms with Gasteiger partial charge in [0.15, 0.2) is 6.29 Å². The van der Waals surface area contributed by atoms with Crippen molar-refractivity contribution in [3.8, 4) is 0 Å². The van der Waals surface area contributed by atoms with E-state index in [0.717, 1.165) is 44.1 Å². The molecule has 1 saturated heterocycles. The summed E-state index contributed by atoms with van der Waals surface area (Å²) in [5.41, 5.74) is 4.13. The zero-order chi connectivity index (χ0) is 26.1. The molecule has 11 atom stereocenters. The standard InChI is InChI=1S/C30H40O7/c1-16-25(32)26(33)27(34)28(36-16)37-19-10-12-29(2)18(14-19)5-6-20-22-8-7-21(17-4-9-24(31)35-15-17)30(22,3)13-11-23(20)29/h4,8-9,14-16,19-21,23,25-28,32-34H,5-7,10-13H2,1-3H3/t16-,19?,20?,21+,23?,25-,26+,27+,28?,29-,30+/m0/s1. The van der Waals surface area contributed by atoms with Crippen LogP contribution in [0.1, 0.15) is 77.2 Å². The molecule has 0 radical (unpaired) electrons. The van der Waals surface area contributed by atoms with Gasteiger partial charge in [-0.25, -0.2) is 4.79 Å². The summed E-state index contributed by atoms with van der Waals surface area (Å²) in [6, 6.07) is 3.49. The molecule has 0 aromatic carbocycles. The van der Waals surface area contributed by atoms with E-state index < -0.39 is 30.7 Å². The summed E-state index contributed by atoms with van der Waals surface area (Å²) in [5, 5.41) is 30.6. The summed E-state index contributed by atoms with van der Waals surface area (Å²) in [7, 11) is 0. The number of rotatable bonds is 3. The fourth-order valence-corrected chi connectivity index (χ4v) is 8.51. The van der Waals surface area contributed by atoms with Gasteiger partial charge >= 0.3 is 5.63 Å². The van der Waals surface area contributed by atoms with Crippen LogP contribution in [0.15, 0.2) is 50.9 Å². The van der Waals surface area contributed by atoms with Crippen molar-refractivity contribution in [1.82, 2.24) is 0 Å². The minimum atomic E-state index is -1.28. The molecule has 1 aromatic heterocycles. The Hall–Kier alpha value is -1.77. The van der Waals surface area contributed by atoms with Crippen molar-refractivity contribution in [2.75, 3.05) is 0 Å². The Morgan fingerprint density at radius 2 is 1.78 bits per heavy atom. The summed E-state index contributed by atoms with van der Waals surface area (Å²) >= 11 is 0. The summed E-state index contributed by atoms with van der Waals surface area (Å²) in [6.07, 6.45) is 8.32. The third-order valence-corrected chi connectivity index (χ3v) is 10.7. The van der Waals surface area contributed by atoms with Crippen LogP contribution in [-0.4, -0.2) is 52.1 Å². The lowest BCUT2D eigenvalue weighted by Gasteiger charge is -2.57. The van der Waals surface area contributed by atoms with Gasteiger partial charge in [-0.15, -0.1) is 0 Å². The number of hydrogen-bond donors (Lipinski definition) is 3. The third-order valence-electron chi connectivity index (χ3n) is 10.7. The fraction of sp³-hybridized carbons (Fsp3) is 0.700. The van der Waals surface area contributed by atoms with Crippen LogP contribution in [0.3, 0.4) is 0 Å². The van der Waals surface area contributed by atoms with Gasteiger partial charge < -0.3 is 29.2 Å². The van der Waals surface area contributed by atoms with Gasteiger partial charge in [-0.05, 0) is 92.1 Å². The second-order valence-corrected chi connectivity index (χ2v) is 12.5. The van der Waals surface area contributed by atoms with Crippen molar-refractivity contribution in [3.63, 3.8) is 0 Å². The number of ether oxygens (including phenoxy) is 2. The molecular formula is C30H40O7. The molecule has 202 valence electrons. The van der Waals surface area contributed by atoms with Gasteiger partial charge in [-0.1, -0.05) is 37.1 Å². The molecule has 6 rings (SSSR count). The van der Waals surface area contributed by atoms with E-state index in [2.05, 4.69) is 26.0 Å². The average Bonchev–Trinajstić information content (AvgIpc) is 3.24. The Kier molecular flexibility index (Phi) is 6.32. The first-order valence-electron chi connectivity index (χ1n) is 14.0. The Morgan fingerprint density at radius 1 is 1.00 bits per heavy atom. The average molecular weight is 513 g/mol. The molecule has 5 aliphatic rings. The van der Waals surface area contributed by atoms with Gasteiger partial charge in [0.05, 0.1) is 18.5 Å². The lowest BCUT2D eigenvalue weighted by molar-refractivity contribution is -0.301. The van der Waals surface area contributed by atoms with Gasteiger partial charge in [0.25, 0.3) is 0 Å². The lowest BCUT2D eigenvalue weighted by atomic mass is 9.48. The first-order chi connectivity index (χ1) is 17.6. The lowest BCUT2D eigenvalue weighted by Crippen LogP contribution is -2.58. The molecule has 3 N–H and O–H groups in total. The van der Waals surface area contributed by atoms with Gasteiger partial charge in [0.2, 0.25) is 0 Å². The maximum Gasteiger partial charge on any atom is 0.335 e. The number of aliphatic hydroxyl groups is 3. The second kappa shape index (κ2) is 9.16. The van der Waals surface area contributed by atoms with Crippen LogP contribution in [0.4, 0.5) is 0 Å². The normalized spacial score (nSPS) is 47.4. The highest BCUT2D eigenvalue weighted by atomic mass is 16.7. The summed E-state index contributed by atoms with van der Waals surface area (Å²) < 4.78 is 17.1. The van der Waals surface area contributed by atoms with Crippen molar-refractivity contribution >= 4 is 0 Å². The predicted octanol–water partition coefficient (Wildman–Crippen LogP) is 3.82. The van der Waals surface area contributed by atoms with E-state index in [9.17, 15) is 20.1 Å². The van der Waals surface area contributed by atoms with Gasteiger partial charge in [-0.2, -0.15) is 0 Å². The van der Waals surface area contributed by atoms with E-state index in [-0.39, 0.29) is 22.6 Å². The van der Waals surface area contributed by atoms with E-state index in [1.807, 2.05) is 6.07 Å². The van der Waals surface area contributed by atoms with Crippen LogP contribution in [0.5, 0.6) is 0 Å². The van der Waals surface area contributed by atoms with Crippen LogP contribution in [0.2, 0.25) is 0 Å². The highest BCUT2D eigenvalue weighted by molar-refractivity contribution is 5.38. The molecule has 3 fully saturated rings. The Bertz CT molecular complexity index is 1130. The predicted molar refractivity (Wildman–Crippen MR) is 137 cm³/mol. The highest BCUT2D eigenvalue weighted by Crippen LogP contribution is 2.66. The molecular weight excluding hydrogens is 472 g/mol. The fourth-order valence-electron chi connectivity index (χ4n) is 8.51. The Labute approximate surface area is 218 Å². The molecule has 7 heteroatoms. The molecule has 4 unspecified atom stereocenters. The number of aliphatic hydroxyl groups excluding tert-OH is 3. The van der Waals surface area contributed by atoms with Gasteiger partial charge in [0, 0.05) is 6.07 Å². The van der Waals surface area contributed by atoms with Crippen molar-refractivity contribution in [3.05, 3.63) is 57.7 Å². The van der Waals surface area contributed by atoms with E-state index in [4.69, 9.17) is 13.9 Å². The zero-order valence-corrected chi connectivity index (χ0v) is 22.0. The van der Waals surface area contributed by atoms with Crippen molar-refractivity contribution < 1.29 is 29.2 Å². The molecule has 7 nitrogen and oxygen atoms in total. The van der Waals surface area contributed by atoms with E-state index >= 15 is 0 Å². The molecule has 37 heavy (non-hydrogen) atoms. The van der Waals surface area contributed by atoms with Gasteiger partial charge in [-0.3, -0.25) is 0 Å². The van der Waals surface area contributed by atoms with Crippen LogP contribution >= 0.6 is 0 Å². The smallest absolute Gasteiger partial charge is 0.335 e. The molecule has 1 aliphatic heterocycles. The molecule has 1 aromatic rings. The summed E-state index contributed by atoms with van der Waals surface area (Å²) in [6.45, 7) is 6.53. The Balaban J connectivity index is 1.19. The minimum Gasteiger partial charge on any atom is -0.431 e. The molecule has 0 spiro atoms. The zero-order valence-electron chi connectivity index (χ0n) is 22.0. The summed E-state index contributed by atoms with van der Waals surface area (Å²) in [5.74, 6) is 1.52. The van der Waals surface area contributed by atoms with Crippen molar-refractivity contribution in [1.29, 1.82) is 0 Å². The van der Waals surface area contributed by atoms with Crippen molar-refractivity contribution in [2.24, 2.45) is 22.7 Å². The maximum atomic E-state index is 11.5. The minimum absolute atomic E-state index is 0.107. The van der Waals surface area contributed by atoms with E-state index in [0.29, 0.717) is 17.8 Å². The molecule has 0 amide bonds. The van der Waals surface area contributed by atoms with Crippen molar-refractivity contribution in [2.45, 2.75) is 108 Å².